The maximum absolute atomic E-state index is 13.3. The van der Waals surface area contributed by atoms with Crippen LogP contribution in [-0.4, -0.2) is 16.7 Å². The first kappa shape index (κ1) is 27.4. The van der Waals surface area contributed by atoms with Gasteiger partial charge in [0.15, 0.2) is 0 Å². The second-order valence-corrected chi connectivity index (χ2v) is 9.44. The first-order chi connectivity index (χ1) is 18.6. The molecule has 1 atom stereocenters. The van der Waals surface area contributed by atoms with Gasteiger partial charge in [-0.15, -0.1) is 11.8 Å². The highest BCUT2D eigenvalue weighted by Gasteiger charge is 2.31. The summed E-state index contributed by atoms with van der Waals surface area (Å²) in [6.07, 6.45) is -4.55. The Bertz CT molecular complexity index is 1510. The topological polar surface area (TPSA) is 101 Å². The van der Waals surface area contributed by atoms with Crippen LogP contribution in [-0.2, 0) is 11.0 Å². The number of amides is 2. The molecule has 2 N–H and O–H groups in total. The molecule has 0 heterocycles. The van der Waals surface area contributed by atoms with E-state index in [1.165, 1.54) is 30.3 Å². The summed E-state index contributed by atoms with van der Waals surface area (Å²) in [5.74, 6) is -1.08. The maximum atomic E-state index is 13.3. The van der Waals surface area contributed by atoms with E-state index in [-0.39, 0.29) is 16.9 Å². The first-order valence-corrected chi connectivity index (χ1v) is 12.3. The second kappa shape index (κ2) is 11.8. The zero-order valence-corrected chi connectivity index (χ0v) is 20.8. The number of benzene rings is 4. The minimum atomic E-state index is -4.55. The van der Waals surface area contributed by atoms with E-state index in [2.05, 4.69) is 10.6 Å². The lowest BCUT2D eigenvalue weighted by molar-refractivity contribution is -0.384. The number of nitro benzene ring substituents is 1. The van der Waals surface area contributed by atoms with Gasteiger partial charge in [-0.3, -0.25) is 19.7 Å². The minimum absolute atomic E-state index is 0.00863. The average molecular weight is 552 g/mol. The van der Waals surface area contributed by atoms with Crippen molar-refractivity contribution in [2.45, 2.75) is 16.3 Å². The van der Waals surface area contributed by atoms with Crippen LogP contribution < -0.4 is 10.6 Å². The van der Waals surface area contributed by atoms with Crippen LogP contribution in [0.1, 0.15) is 26.7 Å². The molecule has 0 bridgehead atoms. The summed E-state index contributed by atoms with van der Waals surface area (Å²) in [4.78, 5) is 37.0. The van der Waals surface area contributed by atoms with Crippen LogP contribution in [0.4, 0.5) is 30.2 Å². The first-order valence-electron chi connectivity index (χ1n) is 11.5. The fraction of sp³-hybridized carbons (Fsp3) is 0.0714. The van der Waals surface area contributed by atoms with Crippen LogP contribution in [0.3, 0.4) is 0 Å². The van der Waals surface area contributed by atoms with Gasteiger partial charge in [0.1, 0.15) is 5.25 Å². The van der Waals surface area contributed by atoms with Gasteiger partial charge in [0, 0.05) is 34.0 Å². The Hall–Kier alpha value is -4.64. The van der Waals surface area contributed by atoms with E-state index in [9.17, 15) is 32.9 Å². The van der Waals surface area contributed by atoms with Crippen LogP contribution in [0, 0.1) is 10.1 Å². The quantitative estimate of drug-likeness (QED) is 0.136. The van der Waals surface area contributed by atoms with E-state index in [0.717, 1.165) is 30.0 Å². The number of halogens is 3. The number of anilines is 2. The van der Waals surface area contributed by atoms with Crippen molar-refractivity contribution in [2.75, 3.05) is 10.6 Å². The zero-order chi connectivity index (χ0) is 28.0. The molecule has 4 aromatic rings. The Kier molecular flexibility index (Phi) is 8.30. The van der Waals surface area contributed by atoms with Gasteiger partial charge in [-0.1, -0.05) is 48.5 Å². The molecule has 1 unspecified atom stereocenters. The average Bonchev–Trinajstić information content (AvgIpc) is 2.92. The standard InChI is InChI=1S/C28H20F3N3O4S/c29-28(30,31)20-10-5-11-21(16-20)33-27(36)25(18-7-2-1-3-8-18)39-24-14-6-12-22(17-24)32-26(35)19-9-4-13-23(15-19)34(37)38/h1-17,25H,(H,32,35)(H,33,36). The molecule has 4 rings (SSSR count). The molecule has 0 fully saturated rings. The van der Waals surface area contributed by atoms with Gasteiger partial charge in [-0.05, 0) is 48.0 Å². The highest BCUT2D eigenvalue weighted by atomic mass is 32.2. The summed E-state index contributed by atoms with van der Waals surface area (Å²) < 4.78 is 39.4. The predicted octanol–water partition coefficient (Wildman–Crippen LogP) is 7.34. The zero-order valence-electron chi connectivity index (χ0n) is 20.0. The molecule has 0 aliphatic rings. The molecule has 0 aromatic heterocycles. The van der Waals surface area contributed by atoms with Crippen molar-refractivity contribution in [3.63, 3.8) is 0 Å². The summed E-state index contributed by atoms with van der Waals surface area (Å²) in [6.45, 7) is 0. The Labute approximate surface area is 225 Å². The summed E-state index contributed by atoms with van der Waals surface area (Å²) in [6, 6.07) is 25.1. The molecule has 198 valence electrons. The Morgan fingerprint density at radius 1 is 0.795 bits per heavy atom. The number of hydrogen-bond acceptors (Lipinski definition) is 5. The lowest BCUT2D eigenvalue weighted by Crippen LogP contribution is -2.19. The number of hydrogen-bond donors (Lipinski definition) is 2. The van der Waals surface area contributed by atoms with Crippen molar-refractivity contribution in [1.82, 2.24) is 0 Å². The van der Waals surface area contributed by atoms with E-state index in [0.29, 0.717) is 16.1 Å². The molecule has 39 heavy (non-hydrogen) atoms. The second-order valence-electron chi connectivity index (χ2n) is 8.27. The maximum Gasteiger partial charge on any atom is 0.416 e. The van der Waals surface area contributed by atoms with Crippen molar-refractivity contribution in [2.24, 2.45) is 0 Å². The highest BCUT2D eigenvalue weighted by molar-refractivity contribution is 8.00. The predicted molar refractivity (Wildman–Crippen MR) is 143 cm³/mol. The Morgan fingerprint density at radius 3 is 2.15 bits per heavy atom. The monoisotopic (exact) mass is 551 g/mol. The lowest BCUT2D eigenvalue weighted by atomic mass is 10.1. The molecule has 0 saturated heterocycles. The molecule has 0 saturated carbocycles. The van der Waals surface area contributed by atoms with E-state index < -0.39 is 33.7 Å². The highest BCUT2D eigenvalue weighted by Crippen LogP contribution is 2.38. The molecule has 0 radical (unpaired) electrons. The fourth-order valence-corrected chi connectivity index (χ4v) is 4.71. The normalized spacial score (nSPS) is 11.9. The van der Waals surface area contributed by atoms with Crippen LogP contribution in [0.5, 0.6) is 0 Å². The van der Waals surface area contributed by atoms with Gasteiger partial charge in [0.2, 0.25) is 5.91 Å². The van der Waals surface area contributed by atoms with Crippen molar-refractivity contribution in [3.05, 3.63) is 130 Å². The van der Waals surface area contributed by atoms with Crippen LogP contribution in [0.25, 0.3) is 0 Å². The Balaban J connectivity index is 1.55. The van der Waals surface area contributed by atoms with E-state index in [1.54, 1.807) is 54.6 Å². The largest absolute Gasteiger partial charge is 0.416 e. The molecule has 2 amide bonds. The number of nitrogens with zero attached hydrogens (tertiary/aromatic N) is 1. The number of thioether (sulfide) groups is 1. The number of nitrogens with one attached hydrogen (secondary N) is 2. The Morgan fingerprint density at radius 2 is 1.46 bits per heavy atom. The number of carbonyl (C=O) groups excluding carboxylic acids is 2. The number of nitro groups is 1. The molecular weight excluding hydrogens is 531 g/mol. The minimum Gasteiger partial charge on any atom is -0.325 e. The number of alkyl halides is 3. The number of carbonyl (C=O) groups is 2. The third kappa shape index (κ3) is 7.23. The van der Waals surface area contributed by atoms with Crippen LogP contribution in [0.15, 0.2) is 108 Å². The SMILES string of the molecule is O=C(Nc1cccc(SC(C(=O)Nc2cccc(C(F)(F)F)c2)c2ccccc2)c1)c1cccc([N+](=O)[O-])c1. The van der Waals surface area contributed by atoms with E-state index in [4.69, 9.17) is 0 Å². The fourth-order valence-electron chi connectivity index (χ4n) is 3.63. The third-order valence-electron chi connectivity index (χ3n) is 5.46. The molecular formula is C28H20F3N3O4S. The van der Waals surface area contributed by atoms with Crippen LogP contribution in [0.2, 0.25) is 0 Å². The van der Waals surface area contributed by atoms with Gasteiger partial charge in [-0.2, -0.15) is 13.2 Å². The number of non-ortho nitro benzene ring substituents is 1. The van der Waals surface area contributed by atoms with Crippen molar-refractivity contribution in [1.29, 1.82) is 0 Å². The summed E-state index contributed by atoms with van der Waals surface area (Å²) >= 11 is 1.15. The summed E-state index contributed by atoms with van der Waals surface area (Å²) in [5.41, 5.74) is 0.0275. The lowest BCUT2D eigenvalue weighted by Gasteiger charge is -2.18. The third-order valence-corrected chi connectivity index (χ3v) is 6.71. The summed E-state index contributed by atoms with van der Waals surface area (Å²) in [5, 5.41) is 15.4. The van der Waals surface area contributed by atoms with E-state index >= 15 is 0 Å². The van der Waals surface area contributed by atoms with Gasteiger partial charge >= 0.3 is 6.18 Å². The van der Waals surface area contributed by atoms with Gasteiger partial charge < -0.3 is 10.6 Å². The van der Waals surface area contributed by atoms with E-state index in [1.807, 2.05) is 0 Å². The van der Waals surface area contributed by atoms with Crippen molar-refractivity contribution in [3.8, 4) is 0 Å². The van der Waals surface area contributed by atoms with Crippen molar-refractivity contribution < 1.29 is 27.7 Å². The molecule has 0 spiro atoms. The molecule has 11 heteroatoms. The van der Waals surface area contributed by atoms with Crippen molar-refractivity contribution >= 4 is 40.6 Å². The molecule has 0 aliphatic carbocycles. The molecule has 0 aliphatic heterocycles. The van der Waals surface area contributed by atoms with Gasteiger partial charge in [0.05, 0.1) is 10.5 Å². The molecule has 4 aromatic carbocycles. The van der Waals surface area contributed by atoms with Gasteiger partial charge in [-0.25, -0.2) is 0 Å². The van der Waals surface area contributed by atoms with Crippen LogP contribution >= 0.6 is 11.8 Å². The molecule has 7 nitrogen and oxygen atoms in total. The number of rotatable bonds is 8. The van der Waals surface area contributed by atoms with Gasteiger partial charge in [0.25, 0.3) is 11.6 Å². The smallest absolute Gasteiger partial charge is 0.325 e. The summed E-state index contributed by atoms with van der Waals surface area (Å²) in [7, 11) is 0.